The lowest BCUT2D eigenvalue weighted by atomic mass is 10.1. The minimum Gasteiger partial charge on any atom is -0.306 e. The highest BCUT2D eigenvalue weighted by atomic mass is 79.9. The van der Waals surface area contributed by atoms with Gasteiger partial charge in [0.15, 0.2) is 0 Å². The summed E-state index contributed by atoms with van der Waals surface area (Å²) in [5, 5.41) is 3.55. The summed E-state index contributed by atoms with van der Waals surface area (Å²) in [6.45, 7) is 5.17. The van der Waals surface area contributed by atoms with Crippen molar-refractivity contribution >= 4 is 15.9 Å². The zero-order chi connectivity index (χ0) is 13.0. The summed E-state index contributed by atoms with van der Waals surface area (Å²) in [6, 6.07) is 17.4. The molecule has 2 aromatic rings. The van der Waals surface area contributed by atoms with Crippen LogP contribution in [0.5, 0.6) is 0 Å². The molecule has 0 aromatic heterocycles. The molecule has 1 unspecified atom stereocenters. The number of aryl methyl sites for hydroxylation is 1. The number of nitrogens with one attached hydrogen (secondary N) is 1. The van der Waals surface area contributed by atoms with E-state index >= 15 is 0 Å². The molecule has 0 bridgehead atoms. The third-order valence-corrected chi connectivity index (χ3v) is 3.85. The molecule has 0 aliphatic heterocycles. The third kappa shape index (κ3) is 3.44. The van der Waals surface area contributed by atoms with Gasteiger partial charge in [0.25, 0.3) is 0 Å². The SMILES string of the molecule is Cc1ccc(CNC(C)c2ccccc2)c(Br)c1. The van der Waals surface area contributed by atoms with Crippen LogP contribution in [0.25, 0.3) is 0 Å². The van der Waals surface area contributed by atoms with Crippen LogP contribution in [0.3, 0.4) is 0 Å². The second-order valence-electron chi connectivity index (χ2n) is 4.61. The van der Waals surface area contributed by atoms with E-state index in [-0.39, 0.29) is 0 Å². The van der Waals surface area contributed by atoms with Gasteiger partial charge >= 0.3 is 0 Å². The van der Waals surface area contributed by atoms with Crippen LogP contribution in [0.2, 0.25) is 0 Å². The molecule has 1 atom stereocenters. The molecule has 0 spiro atoms. The Morgan fingerprint density at radius 1 is 1.11 bits per heavy atom. The largest absolute Gasteiger partial charge is 0.306 e. The molecule has 1 nitrogen and oxygen atoms in total. The van der Waals surface area contributed by atoms with E-state index in [0.29, 0.717) is 6.04 Å². The Balaban J connectivity index is 1.99. The highest BCUT2D eigenvalue weighted by Crippen LogP contribution is 2.19. The van der Waals surface area contributed by atoms with Gasteiger partial charge in [-0.3, -0.25) is 0 Å². The average molecular weight is 304 g/mol. The summed E-state index contributed by atoms with van der Waals surface area (Å²) in [5.41, 5.74) is 3.89. The van der Waals surface area contributed by atoms with Crippen molar-refractivity contribution in [2.45, 2.75) is 26.4 Å². The molecule has 1 N–H and O–H groups in total. The first kappa shape index (κ1) is 13.3. The first-order valence-corrected chi connectivity index (χ1v) is 6.99. The van der Waals surface area contributed by atoms with Crippen LogP contribution in [0.1, 0.15) is 29.7 Å². The summed E-state index contributed by atoms with van der Waals surface area (Å²) >= 11 is 3.61. The fraction of sp³-hybridized carbons (Fsp3) is 0.250. The minimum atomic E-state index is 0.361. The molecule has 0 aliphatic rings. The Kier molecular flexibility index (Phi) is 4.56. The lowest BCUT2D eigenvalue weighted by Gasteiger charge is -2.15. The van der Waals surface area contributed by atoms with Crippen molar-refractivity contribution in [3.63, 3.8) is 0 Å². The Labute approximate surface area is 117 Å². The maximum absolute atomic E-state index is 3.61. The predicted molar refractivity (Wildman–Crippen MR) is 80.6 cm³/mol. The van der Waals surface area contributed by atoms with Crippen molar-refractivity contribution in [3.05, 3.63) is 69.7 Å². The van der Waals surface area contributed by atoms with Crippen LogP contribution in [-0.4, -0.2) is 0 Å². The molecule has 2 heteroatoms. The normalized spacial score (nSPS) is 12.4. The van der Waals surface area contributed by atoms with Gasteiger partial charge in [-0.2, -0.15) is 0 Å². The van der Waals surface area contributed by atoms with E-state index in [4.69, 9.17) is 0 Å². The van der Waals surface area contributed by atoms with Gasteiger partial charge < -0.3 is 5.32 Å². The molecule has 0 saturated carbocycles. The first-order valence-electron chi connectivity index (χ1n) is 6.20. The second-order valence-corrected chi connectivity index (χ2v) is 5.46. The number of rotatable bonds is 4. The molecule has 0 aliphatic carbocycles. The predicted octanol–water partition coefficient (Wildman–Crippen LogP) is 4.61. The van der Waals surface area contributed by atoms with Crippen LogP contribution < -0.4 is 5.32 Å². The summed E-state index contributed by atoms with van der Waals surface area (Å²) in [6.07, 6.45) is 0. The Morgan fingerprint density at radius 2 is 1.83 bits per heavy atom. The molecule has 94 valence electrons. The van der Waals surface area contributed by atoms with Crippen molar-refractivity contribution < 1.29 is 0 Å². The standard InChI is InChI=1S/C16H18BrN/c1-12-8-9-15(16(17)10-12)11-18-13(2)14-6-4-3-5-7-14/h3-10,13,18H,11H2,1-2H3. The van der Waals surface area contributed by atoms with E-state index in [1.165, 1.54) is 21.2 Å². The van der Waals surface area contributed by atoms with Crippen molar-refractivity contribution in [1.29, 1.82) is 0 Å². The van der Waals surface area contributed by atoms with Gasteiger partial charge in [-0.25, -0.2) is 0 Å². The topological polar surface area (TPSA) is 12.0 Å². The van der Waals surface area contributed by atoms with Gasteiger partial charge in [0.2, 0.25) is 0 Å². The Bertz CT molecular complexity index is 508. The number of hydrogen-bond donors (Lipinski definition) is 1. The highest BCUT2D eigenvalue weighted by Gasteiger charge is 2.05. The van der Waals surface area contributed by atoms with E-state index in [9.17, 15) is 0 Å². The van der Waals surface area contributed by atoms with Crippen LogP contribution in [0.4, 0.5) is 0 Å². The molecule has 0 fully saturated rings. The van der Waals surface area contributed by atoms with Crippen molar-refractivity contribution in [1.82, 2.24) is 5.32 Å². The number of halogens is 1. The summed E-state index contributed by atoms with van der Waals surface area (Å²) < 4.78 is 1.18. The summed E-state index contributed by atoms with van der Waals surface area (Å²) in [5.74, 6) is 0. The molecule has 2 rings (SSSR count). The van der Waals surface area contributed by atoms with Crippen LogP contribution in [-0.2, 0) is 6.54 Å². The zero-order valence-corrected chi connectivity index (χ0v) is 12.4. The maximum atomic E-state index is 3.61. The maximum Gasteiger partial charge on any atom is 0.0294 e. The van der Waals surface area contributed by atoms with Crippen LogP contribution in [0, 0.1) is 6.92 Å². The van der Waals surface area contributed by atoms with E-state index in [1.54, 1.807) is 0 Å². The van der Waals surface area contributed by atoms with Gasteiger partial charge in [0.05, 0.1) is 0 Å². The fourth-order valence-corrected chi connectivity index (χ4v) is 2.55. The molecule has 2 aromatic carbocycles. The molecular weight excluding hydrogens is 286 g/mol. The summed E-state index contributed by atoms with van der Waals surface area (Å²) in [7, 11) is 0. The van der Waals surface area contributed by atoms with Gasteiger partial charge in [-0.05, 0) is 36.6 Å². The van der Waals surface area contributed by atoms with Gasteiger partial charge in [-0.1, -0.05) is 58.4 Å². The average Bonchev–Trinajstić information content (AvgIpc) is 2.38. The third-order valence-electron chi connectivity index (χ3n) is 3.11. The monoisotopic (exact) mass is 303 g/mol. The lowest BCUT2D eigenvalue weighted by molar-refractivity contribution is 0.574. The zero-order valence-electron chi connectivity index (χ0n) is 10.8. The van der Waals surface area contributed by atoms with Crippen molar-refractivity contribution in [2.75, 3.05) is 0 Å². The molecule has 18 heavy (non-hydrogen) atoms. The smallest absolute Gasteiger partial charge is 0.0294 e. The van der Waals surface area contributed by atoms with Gasteiger partial charge in [0.1, 0.15) is 0 Å². The Hall–Kier alpha value is -1.12. The van der Waals surface area contributed by atoms with Crippen LogP contribution in [0.15, 0.2) is 53.0 Å². The molecule has 0 saturated heterocycles. The quantitative estimate of drug-likeness (QED) is 0.870. The highest BCUT2D eigenvalue weighted by molar-refractivity contribution is 9.10. The van der Waals surface area contributed by atoms with Crippen LogP contribution >= 0.6 is 15.9 Å². The van der Waals surface area contributed by atoms with E-state index in [0.717, 1.165) is 6.54 Å². The second kappa shape index (κ2) is 6.17. The molecule has 0 heterocycles. The summed E-state index contributed by atoms with van der Waals surface area (Å²) in [4.78, 5) is 0. The Morgan fingerprint density at radius 3 is 2.50 bits per heavy atom. The lowest BCUT2D eigenvalue weighted by Crippen LogP contribution is -2.18. The van der Waals surface area contributed by atoms with E-state index in [1.807, 2.05) is 6.07 Å². The number of benzene rings is 2. The van der Waals surface area contributed by atoms with Gasteiger partial charge in [0, 0.05) is 17.1 Å². The minimum absolute atomic E-state index is 0.361. The number of hydrogen-bond acceptors (Lipinski definition) is 1. The molecule has 0 radical (unpaired) electrons. The van der Waals surface area contributed by atoms with E-state index < -0.39 is 0 Å². The molecular formula is C16H18BrN. The van der Waals surface area contributed by atoms with Crippen molar-refractivity contribution in [2.24, 2.45) is 0 Å². The van der Waals surface area contributed by atoms with Crippen molar-refractivity contribution in [3.8, 4) is 0 Å². The molecule has 0 amide bonds. The first-order chi connectivity index (χ1) is 8.66. The van der Waals surface area contributed by atoms with Gasteiger partial charge in [-0.15, -0.1) is 0 Å². The fourth-order valence-electron chi connectivity index (χ4n) is 1.92. The van der Waals surface area contributed by atoms with E-state index in [2.05, 4.69) is 77.6 Å².